The lowest BCUT2D eigenvalue weighted by atomic mass is 10.5. The third kappa shape index (κ3) is 3.42. The molecule has 2 aromatic heterocycles. The number of halogens is 1. The number of aromatic carboxylic acids is 1. The quantitative estimate of drug-likeness (QED) is 0.764. The molecule has 0 atom stereocenters. The van der Waals surface area contributed by atoms with E-state index in [2.05, 4.69) is 31.0 Å². The van der Waals surface area contributed by atoms with Crippen LogP contribution in [-0.2, 0) is 16.6 Å². The monoisotopic (exact) mass is 380 g/mol. The van der Waals surface area contributed by atoms with E-state index >= 15 is 0 Å². The number of sulfonamides is 1. The van der Waals surface area contributed by atoms with Crippen molar-refractivity contribution in [2.75, 3.05) is 6.54 Å². The van der Waals surface area contributed by atoms with Crippen LogP contribution in [0.25, 0.3) is 0 Å². The topological polar surface area (TPSA) is 114 Å². The molecular formula is C9H9BrN4O4S2. The van der Waals surface area contributed by atoms with E-state index in [1.807, 2.05) is 0 Å². The Bertz CT molecular complexity index is 710. The highest BCUT2D eigenvalue weighted by Gasteiger charge is 2.22. The van der Waals surface area contributed by atoms with Crippen LogP contribution in [-0.4, -0.2) is 41.0 Å². The van der Waals surface area contributed by atoms with Crippen molar-refractivity contribution in [2.24, 2.45) is 0 Å². The van der Waals surface area contributed by atoms with Gasteiger partial charge < -0.3 is 5.11 Å². The molecule has 8 nitrogen and oxygen atoms in total. The number of nitrogens with one attached hydrogen (secondary N) is 1. The van der Waals surface area contributed by atoms with E-state index in [1.165, 1.54) is 10.9 Å². The molecule has 2 aromatic rings. The number of carbonyl (C=O) groups is 1. The molecule has 11 heteroatoms. The Hall–Kier alpha value is -1.30. The van der Waals surface area contributed by atoms with E-state index in [1.54, 1.807) is 6.20 Å². The Balaban J connectivity index is 2.08. The maximum absolute atomic E-state index is 12.0. The fourth-order valence-electron chi connectivity index (χ4n) is 1.37. The molecular weight excluding hydrogens is 372 g/mol. The molecule has 0 aliphatic carbocycles. The van der Waals surface area contributed by atoms with Crippen molar-refractivity contribution in [1.82, 2.24) is 19.7 Å². The highest BCUT2D eigenvalue weighted by Crippen LogP contribution is 2.31. The number of hydrogen-bond donors (Lipinski definition) is 2. The van der Waals surface area contributed by atoms with Crippen molar-refractivity contribution >= 4 is 43.3 Å². The van der Waals surface area contributed by atoms with Crippen molar-refractivity contribution in [3.63, 3.8) is 0 Å². The second-order valence-electron chi connectivity index (χ2n) is 3.62. The van der Waals surface area contributed by atoms with E-state index in [9.17, 15) is 13.2 Å². The van der Waals surface area contributed by atoms with Gasteiger partial charge in [-0.3, -0.25) is 4.68 Å². The zero-order valence-corrected chi connectivity index (χ0v) is 13.1. The Labute approximate surface area is 126 Å². The maximum atomic E-state index is 12.0. The van der Waals surface area contributed by atoms with Gasteiger partial charge in [-0.1, -0.05) is 5.21 Å². The molecule has 0 unspecified atom stereocenters. The summed E-state index contributed by atoms with van der Waals surface area (Å²) in [6.07, 6.45) is 3.10. The van der Waals surface area contributed by atoms with Crippen LogP contribution in [0, 0.1) is 0 Å². The number of carboxylic acid groups (broad SMARTS) is 1. The minimum atomic E-state index is -3.77. The summed E-state index contributed by atoms with van der Waals surface area (Å²) in [6.45, 7) is 0.448. The van der Waals surface area contributed by atoms with Crippen LogP contribution in [0.4, 0.5) is 0 Å². The smallest absolute Gasteiger partial charge is 0.345 e. The van der Waals surface area contributed by atoms with E-state index in [0.29, 0.717) is 6.54 Å². The first-order chi connectivity index (χ1) is 9.40. The van der Waals surface area contributed by atoms with E-state index in [0.717, 1.165) is 17.4 Å². The van der Waals surface area contributed by atoms with Crippen molar-refractivity contribution in [3.8, 4) is 0 Å². The van der Waals surface area contributed by atoms with Gasteiger partial charge in [0, 0.05) is 12.7 Å². The molecule has 0 saturated heterocycles. The van der Waals surface area contributed by atoms with Crippen molar-refractivity contribution < 1.29 is 18.3 Å². The number of nitrogens with zero attached hydrogens (tertiary/aromatic N) is 3. The van der Waals surface area contributed by atoms with Crippen LogP contribution in [0.3, 0.4) is 0 Å². The molecule has 0 aliphatic heterocycles. The van der Waals surface area contributed by atoms with Crippen molar-refractivity contribution in [2.45, 2.75) is 11.4 Å². The molecule has 0 saturated carbocycles. The number of carboxylic acids is 1. The standard InChI is InChI=1S/C9H9BrN4O4S2/c10-8-7(5-6(19-8)9(15)16)20(17,18)12-2-4-14-3-1-11-13-14/h1,3,5,12H,2,4H2,(H,15,16). The lowest BCUT2D eigenvalue weighted by molar-refractivity contribution is 0.0702. The molecule has 0 spiro atoms. The highest BCUT2D eigenvalue weighted by atomic mass is 79.9. The summed E-state index contributed by atoms with van der Waals surface area (Å²) in [5.74, 6) is -1.17. The predicted molar refractivity (Wildman–Crippen MR) is 74.2 cm³/mol. The van der Waals surface area contributed by atoms with Crippen LogP contribution >= 0.6 is 27.3 Å². The Morgan fingerprint density at radius 2 is 2.30 bits per heavy atom. The first-order valence-electron chi connectivity index (χ1n) is 5.26. The molecule has 0 aliphatic rings. The minimum absolute atomic E-state index is 0.0477. The van der Waals surface area contributed by atoms with Gasteiger partial charge in [0.25, 0.3) is 0 Å². The Morgan fingerprint density at radius 3 is 2.85 bits per heavy atom. The lowest BCUT2D eigenvalue weighted by Gasteiger charge is -2.05. The van der Waals surface area contributed by atoms with Gasteiger partial charge in [-0.15, -0.1) is 16.4 Å². The lowest BCUT2D eigenvalue weighted by Crippen LogP contribution is -2.27. The molecule has 20 heavy (non-hydrogen) atoms. The summed E-state index contributed by atoms with van der Waals surface area (Å²) < 4.78 is 28.2. The maximum Gasteiger partial charge on any atom is 0.345 e. The average molecular weight is 381 g/mol. The zero-order chi connectivity index (χ0) is 14.8. The van der Waals surface area contributed by atoms with Crippen LogP contribution in [0.5, 0.6) is 0 Å². The predicted octanol–water partition coefficient (Wildman–Crippen LogP) is 0.779. The first-order valence-corrected chi connectivity index (χ1v) is 8.36. The largest absolute Gasteiger partial charge is 0.477 e. The van der Waals surface area contributed by atoms with Crippen molar-refractivity contribution in [1.29, 1.82) is 0 Å². The fourth-order valence-corrected chi connectivity index (χ4v) is 4.79. The van der Waals surface area contributed by atoms with Crippen LogP contribution in [0.1, 0.15) is 9.67 Å². The van der Waals surface area contributed by atoms with Crippen LogP contribution in [0.2, 0.25) is 0 Å². The summed E-state index contributed by atoms with van der Waals surface area (Å²) in [4.78, 5) is 10.7. The van der Waals surface area contributed by atoms with Crippen molar-refractivity contribution in [3.05, 3.63) is 27.1 Å². The molecule has 0 radical (unpaired) electrons. The van der Waals surface area contributed by atoms with Gasteiger partial charge in [0.1, 0.15) is 9.77 Å². The van der Waals surface area contributed by atoms with E-state index in [-0.39, 0.29) is 20.1 Å². The Morgan fingerprint density at radius 1 is 1.55 bits per heavy atom. The van der Waals surface area contributed by atoms with Gasteiger partial charge in [-0.2, -0.15) is 0 Å². The molecule has 0 aromatic carbocycles. The van der Waals surface area contributed by atoms with Gasteiger partial charge in [0.15, 0.2) is 0 Å². The molecule has 108 valence electrons. The van der Waals surface area contributed by atoms with Crippen LogP contribution in [0.15, 0.2) is 27.1 Å². The van der Waals surface area contributed by atoms with E-state index < -0.39 is 16.0 Å². The highest BCUT2D eigenvalue weighted by molar-refractivity contribution is 9.11. The molecule has 2 N–H and O–H groups in total. The SMILES string of the molecule is O=C(O)c1cc(S(=O)(=O)NCCn2ccnn2)c(Br)s1. The molecule has 0 amide bonds. The van der Waals surface area contributed by atoms with Crippen LogP contribution < -0.4 is 4.72 Å². The summed E-state index contributed by atoms with van der Waals surface area (Å²) in [6, 6.07) is 1.12. The third-order valence-corrected chi connectivity index (χ3v) is 5.96. The minimum Gasteiger partial charge on any atom is -0.477 e. The normalized spacial score (nSPS) is 11.7. The fraction of sp³-hybridized carbons (Fsp3) is 0.222. The molecule has 2 rings (SSSR count). The van der Waals surface area contributed by atoms with Gasteiger partial charge in [-0.05, 0) is 22.0 Å². The summed E-state index contributed by atoms with van der Waals surface area (Å²) in [7, 11) is -3.77. The summed E-state index contributed by atoms with van der Waals surface area (Å²) >= 11 is 3.91. The summed E-state index contributed by atoms with van der Waals surface area (Å²) in [5.41, 5.74) is 0. The first kappa shape index (κ1) is 15.1. The zero-order valence-electron chi connectivity index (χ0n) is 9.85. The second-order valence-corrected chi connectivity index (χ2v) is 7.72. The second kappa shape index (κ2) is 5.99. The van der Waals surface area contributed by atoms with Gasteiger partial charge in [0.05, 0.1) is 16.5 Å². The number of aromatic nitrogens is 3. The molecule has 0 fully saturated rings. The Kier molecular flexibility index (Phi) is 4.52. The average Bonchev–Trinajstić information content (AvgIpc) is 2.98. The number of rotatable bonds is 6. The number of hydrogen-bond acceptors (Lipinski definition) is 6. The van der Waals surface area contributed by atoms with E-state index in [4.69, 9.17) is 5.11 Å². The summed E-state index contributed by atoms with van der Waals surface area (Å²) in [5, 5.41) is 16.1. The molecule has 2 heterocycles. The van der Waals surface area contributed by atoms with Gasteiger partial charge in [0.2, 0.25) is 10.0 Å². The van der Waals surface area contributed by atoms with Gasteiger partial charge >= 0.3 is 5.97 Å². The van der Waals surface area contributed by atoms with Gasteiger partial charge in [-0.25, -0.2) is 17.9 Å². The molecule has 0 bridgehead atoms. The third-order valence-electron chi connectivity index (χ3n) is 2.26. The number of thiophene rings is 1.